The van der Waals surface area contributed by atoms with Crippen LogP contribution in [-0.4, -0.2) is 8.42 Å². The van der Waals surface area contributed by atoms with Crippen molar-refractivity contribution in [1.29, 1.82) is 0 Å². The Bertz CT molecular complexity index is 710. The molecule has 112 valence electrons. The van der Waals surface area contributed by atoms with E-state index in [0.29, 0.717) is 12.4 Å². The molecule has 0 aromatic heterocycles. The van der Waals surface area contributed by atoms with Crippen LogP contribution in [0.5, 0.6) is 5.75 Å². The van der Waals surface area contributed by atoms with Crippen molar-refractivity contribution in [3.05, 3.63) is 59.7 Å². The maximum absolute atomic E-state index is 11.4. The predicted molar refractivity (Wildman–Crippen MR) is 84.3 cm³/mol. The minimum Gasteiger partial charge on any atom is -0.489 e. The Morgan fingerprint density at radius 2 is 1.76 bits per heavy atom. The summed E-state index contributed by atoms with van der Waals surface area (Å²) in [7, 11) is 1.67. The van der Waals surface area contributed by atoms with Crippen LogP contribution < -0.4 is 4.74 Å². The average Bonchev–Trinajstić information content (AvgIpc) is 2.45. The van der Waals surface area contributed by atoms with Crippen LogP contribution in [0.2, 0.25) is 0 Å². The van der Waals surface area contributed by atoms with Crippen LogP contribution in [0.4, 0.5) is 0 Å². The Balaban J connectivity index is 2.27. The highest BCUT2D eigenvalue weighted by atomic mass is 35.7. The zero-order chi connectivity index (χ0) is 15.5. The van der Waals surface area contributed by atoms with Crippen LogP contribution in [0.3, 0.4) is 0 Å². The summed E-state index contributed by atoms with van der Waals surface area (Å²) in [6.07, 6.45) is 0. The standard InChI is InChI=1S/C16H17ClO3S/c1-12(2)15-10-14(21(17,18)19)8-9-16(15)20-11-13-6-4-3-5-7-13/h3-10,12H,11H2,1-2H3. The molecular weight excluding hydrogens is 308 g/mol. The van der Waals surface area contributed by atoms with Crippen molar-refractivity contribution in [3.8, 4) is 5.75 Å². The number of rotatable bonds is 5. The van der Waals surface area contributed by atoms with E-state index in [1.54, 1.807) is 12.1 Å². The normalized spacial score (nSPS) is 11.6. The Morgan fingerprint density at radius 3 is 2.33 bits per heavy atom. The molecule has 2 aromatic rings. The first-order chi connectivity index (χ1) is 9.88. The SMILES string of the molecule is CC(C)c1cc(S(=O)(=O)Cl)ccc1OCc1ccccc1. The van der Waals surface area contributed by atoms with E-state index in [1.807, 2.05) is 44.2 Å². The van der Waals surface area contributed by atoms with Gasteiger partial charge in [-0.05, 0) is 35.2 Å². The monoisotopic (exact) mass is 324 g/mol. The lowest BCUT2D eigenvalue weighted by atomic mass is 10.0. The van der Waals surface area contributed by atoms with Crippen LogP contribution in [0.15, 0.2) is 53.4 Å². The summed E-state index contributed by atoms with van der Waals surface area (Å²) in [5.41, 5.74) is 1.88. The Morgan fingerprint density at radius 1 is 1.10 bits per heavy atom. The van der Waals surface area contributed by atoms with E-state index < -0.39 is 9.05 Å². The van der Waals surface area contributed by atoms with Crippen molar-refractivity contribution in [2.75, 3.05) is 0 Å². The lowest BCUT2D eigenvalue weighted by Gasteiger charge is -2.15. The first kappa shape index (κ1) is 15.9. The summed E-state index contributed by atoms with van der Waals surface area (Å²) in [6, 6.07) is 14.5. The second-order valence-corrected chi connectivity index (χ2v) is 7.63. The van der Waals surface area contributed by atoms with Gasteiger partial charge in [0.25, 0.3) is 9.05 Å². The molecule has 3 nitrogen and oxygen atoms in total. The first-order valence-electron chi connectivity index (χ1n) is 6.63. The average molecular weight is 325 g/mol. The third kappa shape index (κ3) is 4.22. The largest absolute Gasteiger partial charge is 0.489 e. The summed E-state index contributed by atoms with van der Waals surface area (Å²) >= 11 is 0. The van der Waals surface area contributed by atoms with Crippen LogP contribution in [0.1, 0.15) is 30.9 Å². The van der Waals surface area contributed by atoms with Crippen molar-refractivity contribution in [2.24, 2.45) is 0 Å². The molecule has 2 rings (SSSR count). The molecule has 0 heterocycles. The van der Waals surface area contributed by atoms with Gasteiger partial charge in [-0.15, -0.1) is 0 Å². The lowest BCUT2D eigenvalue weighted by Crippen LogP contribution is -2.02. The van der Waals surface area contributed by atoms with E-state index in [9.17, 15) is 8.42 Å². The van der Waals surface area contributed by atoms with E-state index >= 15 is 0 Å². The van der Waals surface area contributed by atoms with Crippen LogP contribution in [-0.2, 0) is 15.7 Å². The van der Waals surface area contributed by atoms with E-state index in [0.717, 1.165) is 11.1 Å². The highest BCUT2D eigenvalue weighted by Gasteiger charge is 2.15. The zero-order valence-corrected chi connectivity index (χ0v) is 13.5. The zero-order valence-electron chi connectivity index (χ0n) is 11.9. The van der Waals surface area contributed by atoms with E-state index in [1.165, 1.54) is 6.07 Å². The highest BCUT2D eigenvalue weighted by molar-refractivity contribution is 8.13. The lowest BCUT2D eigenvalue weighted by molar-refractivity contribution is 0.301. The molecule has 21 heavy (non-hydrogen) atoms. The molecule has 0 saturated carbocycles. The van der Waals surface area contributed by atoms with Crippen LogP contribution >= 0.6 is 10.7 Å². The molecule has 0 atom stereocenters. The summed E-state index contributed by atoms with van der Waals surface area (Å²) in [4.78, 5) is 0.0972. The van der Waals surface area contributed by atoms with Gasteiger partial charge in [0.05, 0.1) is 4.90 Å². The number of hydrogen-bond donors (Lipinski definition) is 0. The van der Waals surface area contributed by atoms with Gasteiger partial charge < -0.3 is 4.74 Å². The molecule has 0 N–H and O–H groups in total. The highest BCUT2D eigenvalue weighted by Crippen LogP contribution is 2.30. The number of ether oxygens (including phenoxy) is 1. The van der Waals surface area contributed by atoms with Crippen molar-refractivity contribution >= 4 is 19.7 Å². The smallest absolute Gasteiger partial charge is 0.261 e. The van der Waals surface area contributed by atoms with Crippen molar-refractivity contribution in [3.63, 3.8) is 0 Å². The van der Waals surface area contributed by atoms with Gasteiger partial charge in [-0.25, -0.2) is 8.42 Å². The van der Waals surface area contributed by atoms with Crippen LogP contribution in [0, 0.1) is 0 Å². The van der Waals surface area contributed by atoms with Gasteiger partial charge in [-0.2, -0.15) is 0 Å². The fourth-order valence-electron chi connectivity index (χ4n) is 2.00. The molecular formula is C16H17ClO3S. The molecule has 0 unspecified atom stereocenters. The van der Waals surface area contributed by atoms with Crippen molar-refractivity contribution in [1.82, 2.24) is 0 Å². The van der Waals surface area contributed by atoms with E-state index in [2.05, 4.69) is 0 Å². The second-order valence-electron chi connectivity index (χ2n) is 5.07. The molecule has 0 fully saturated rings. The van der Waals surface area contributed by atoms with Gasteiger partial charge >= 0.3 is 0 Å². The maximum Gasteiger partial charge on any atom is 0.261 e. The quantitative estimate of drug-likeness (QED) is 0.769. The number of hydrogen-bond acceptors (Lipinski definition) is 3. The molecule has 5 heteroatoms. The fraction of sp³-hybridized carbons (Fsp3) is 0.250. The van der Waals surface area contributed by atoms with Gasteiger partial charge in [0, 0.05) is 10.7 Å². The number of benzene rings is 2. The topological polar surface area (TPSA) is 43.4 Å². The van der Waals surface area contributed by atoms with Gasteiger partial charge in [-0.3, -0.25) is 0 Å². The summed E-state index contributed by atoms with van der Waals surface area (Å²) in [5, 5.41) is 0. The first-order valence-corrected chi connectivity index (χ1v) is 8.94. The van der Waals surface area contributed by atoms with E-state index in [4.69, 9.17) is 15.4 Å². The third-order valence-electron chi connectivity index (χ3n) is 3.12. The summed E-state index contributed by atoms with van der Waals surface area (Å²) < 4.78 is 28.7. The van der Waals surface area contributed by atoms with Crippen molar-refractivity contribution < 1.29 is 13.2 Å². The van der Waals surface area contributed by atoms with Crippen molar-refractivity contribution in [2.45, 2.75) is 31.3 Å². The molecule has 0 aliphatic rings. The van der Waals surface area contributed by atoms with Gasteiger partial charge in [0.15, 0.2) is 0 Å². The van der Waals surface area contributed by atoms with Gasteiger partial charge in [-0.1, -0.05) is 44.2 Å². The van der Waals surface area contributed by atoms with E-state index in [-0.39, 0.29) is 10.8 Å². The predicted octanol–water partition coefficient (Wildman–Crippen LogP) is 4.32. The molecule has 0 radical (unpaired) electrons. The Labute approximate surface area is 129 Å². The van der Waals surface area contributed by atoms with Crippen LogP contribution in [0.25, 0.3) is 0 Å². The third-order valence-corrected chi connectivity index (χ3v) is 4.47. The minimum absolute atomic E-state index is 0.0972. The maximum atomic E-state index is 11.4. The summed E-state index contributed by atoms with van der Waals surface area (Å²) in [6.45, 7) is 4.40. The number of halogens is 1. The fourth-order valence-corrected chi connectivity index (χ4v) is 2.78. The Hall–Kier alpha value is -1.52. The minimum atomic E-state index is -3.73. The molecule has 0 aliphatic carbocycles. The van der Waals surface area contributed by atoms with Gasteiger partial charge in [0.2, 0.25) is 0 Å². The molecule has 0 bridgehead atoms. The van der Waals surface area contributed by atoms with Gasteiger partial charge in [0.1, 0.15) is 12.4 Å². The summed E-state index contributed by atoms with van der Waals surface area (Å²) in [5.74, 6) is 0.812. The molecule has 0 aliphatic heterocycles. The Kier molecular flexibility index (Phi) is 4.91. The second kappa shape index (κ2) is 6.50. The molecule has 2 aromatic carbocycles. The molecule has 0 amide bonds. The molecule has 0 saturated heterocycles. The molecule has 0 spiro atoms.